The van der Waals surface area contributed by atoms with Gasteiger partial charge in [-0.3, -0.25) is 103 Å². The molecule has 0 spiro atoms. The smallest absolute Gasteiger partial charge is 0.328 e. The molecule has 0 saturated carbocycles. The second-order valence-electron chi connectivity index (χ2n) is 35.2. The number of ether oxygens (including phenoxy) is 3. The van der Waals surface area contributed by atoms with Crippen LogP contribution in [-0.4, -0.2) is 263 Å². The van der Waals surface area contributed by atoms with Gasteiger partial charge in [0.2, 0.25) is 65.0 Å². The zero-order chi connectivity index (χ0) is 106. The van der Waals surface area contributed by atoms with Gasteiger partial charge in [-0.05, 0) is 137 Å². The summed E-state index contributed by atoms with van der Waals surface area (Å²) in [6, 6.07) is 14.6. The fourth-order valence-corrected chi connectivity index (χ4v) is 18.9. The van der Waals surface area contributed by atoms with E-state index in [1.807, 2.05) is 70.2 Å². The van der Waals surface area contributed by atoms with Gasteiger partial charge in [-0.2, -0.15) is 0 Å². The second-order valence-corrected chi connectivity index (χ2v) is 37.9. The van der Waals surface area contributed by atoms with E-state index in [-0.39, 0.29) is 187 Å². The number of amides is 21. The predicted molar refractivity (Wildman–Crippen MR) is 546 cm³/mol. The number of allylic oxidation sites excluding steroid dienone is 5. The summed E-state index contributed by atoms with van der Waals surface area (Å²) in [5.41, 5.74) is 6.37. The lowest BCUT2D eigenvalue weighted by Gasteiger charge is -2.29. The SMILES string of the molecule is CC/C=C\CC(=O)CCCOCCOCCNC(=O)Nc1cccc2c1CN(C1CCC(=O)NC1=O)C2=O.CC/C=C\CC(=O)NCCC(NC(=O)Nc1cccc2c1CN(C1CCC(=O)NC1=O)C2=O)C(=O)OC.CC/C=C\CC(=O)NCCC(O)CCNC(=O)Nc1cccc2c1CN(C1CCC(=O)NC1=O)C2=O.CC/C=C\CC(=O)NCCSSCCCC(=O)Cc1cccc2c1CN(C1CCC(=O)NC1=O)C2=O. The molecule has 21 amide bonds. The van der Waals surface area contributed by atoms with Crippen molar-refractivity contribution >= 4 is 163 Å². The van der Waals surface area contributed by atoms with Gasteiger partial charge in [0.05, 0.1) is 33.0 Å². The lowest BCUT2D eigenvalue weighted by Crippen LogP contribution is -2.52. The maximum absolute atomic E-state index is 13.0. The van der Waals surface area contributed by atoms with Crippen molar-refractivity contribution in [3.05, 3.63) is 171 Å². The predicted octanol–water partition coefficient (Wildman–Crippen LogP) is 7.66. The zero-order valence-electron chi connectivity index (χ0n) is 83.4. The van der Waals surface area contributed by atoms with Gasteiger partial charge in [0, 0.05) is 204 Å². The van der Waals surface area contributed by atoms with Gasteiger partial charge in [-0.25, -0.2) is 19.2 Å². The molecule has 792 valence electrons. The molecule has 0 aliphatic carbocycles. The third-order valence-corrected chi connectivity index (χ3v) is 26.9. The van der Waals surface area contributed by atoms with Crippen LogP contribution in [0.1, 0.15) is 245 Å². The number of rotatable bonds is 50. The number of Topliss-reactive ketones (excluding diaryl/α,β-unsaturated/α-hetero) is 2. The van der Waals surface area contributed by atoms with E-state index < -0.39 is 84.0 Å². The summed E-state index contributed by atoms with van der Waals surface area (Å²) < 4.78 is 15.7. The molecule has 6 unspecified atom stereocenters. The highest BCUT2D eigenvalue weighted by Gasteiger charge is 2.45. The molecule has 4 aromatic rings. The van der Waals surface area contributed by atoms with Gasteiger partial charge >= 0.3 is 24.1 Å². The molecule has 4 saturated heterocycles. The van der Waals surface area contributed by atoms with Crippen molar-refractivity contribution in [3.8, 4) is 0 Å². The number of anilines is 3. The van der Waals surface area contributed by atoms with E-state index in [9.17, 15) is 106 Å². The highest BCUT2D eigenvalue weighted by Crippen LogP contribution is 2.37. The van der Waals surface area contributed by atoms with Crippen LogP contribution in [0.4, 0.5) is 31.4 Å². The number of ketones is 2. The van der Waals surface area contributed by atoms with Gasteiger partial charge in [0.15, 0.2) is 0 Å². The average molecular weight is 2070 g/mol. The molecule has 12 rings (SSSR count). The van der Waals surface area contributed by atoms with Crippen LogP contribution in [0.3, 0.4) is 0 Å². The number of esters is 1. The molecular weight excluding hydrogens is 1940 g/mol. The third-order valence-electron chi connectivity index (χ3n) is 24.5. The minimum Gasteiger partial charge on any atom is -0.467 e. The molecular formula is C103H133N17O25S2. The third kappa shape index (κ3) is 36.8. The number of carbonyl (C=O) groups is 21. The Labute approximate surface area is 860 Å². The Morgan fingerprint density at radius 3 is 1.16 bits per heavy atom. The van der Waals surface area contributed by atoms with Gasteiger partial charge in [0.25, 0.3) is 23.6 Å². The van der Waals surface area contributed by atoms with Crippen LogP contribution in [-0.2, 0) is 114 Å². The lowest BCUT2D eigenvalue weighted by atomic mass is 9.98. The topological polar surface area (TPSA) is 576 Å². The minimum absolute atomic E-state index is 0.0326. The number of benzene rings is 4. The number of nitrogens with one attached hydrogen (secondary N) is 13. The van der Waals surface area contributed by atoms with E-state index in [0.717, 1.165) is 54.7 Å². The summed E-state index contributed by atoms with van der Waals surface area (Å²) in [5, 5.41) is 43.6. The maximum atomic E-state index is 13.0. The Morgan fingerprint density at radius 2 is 0.748 bits per heavy atom. The summed E-state index contributed by atoms with van der Waals surface area (Å²) in [4.78, 5) is 261. The highest BCUT2D eigenvalue weighted by atomic mass is 33.1. The molecule has 0 bridgehead atoms. The molecule has 44 heteroatoms. The van der Waals surface area contributed by atoms with Crippen molar-refractivity contribution < 1.29 is 120 Å². The number of methoxy groups -OCH3 is 1. The average Bonchev–Trinajstić information content (AvgIpc) is 1.64. The number of aliphatic hydroxyl groups is 1. The van der Waals surface area contributed by atoms with Crippen LogP contribution in [0.15, 0.2) is 121 Å². The van der Waals surface area contributed by atoms with Gasteiger partial charge in [-0.15, -0.1) is 0 Å². The number of nitrogens with zero attached hydrogens (tertiary/aromatic N) is 4. The number of imide groups is 4. The van der Waals surface area contributed by atoms with Crippen LogP contribution in [0.2, 0.25) is 0 Å². The maximum Gasteiger partial charge on any atom is 0.328 e. The summed E-state index contributed by atoms with van der Waals surface area (Å²) in [5.74, 6) is -3.51. The fraction of sp³-hybridized carbons (Fsp3) is 0.485. The Hall–Kier alpha value is -14.1. The molecule has 8 aliphatic rings. The molecule has 42 nitrogen and oxygen atoms in total. The van der Waals surface area contributed by atoms with E-state index in [1.54, 1.807) is 100 Å². The van der Waals surface area contributed by atoms with E-state index in [2.05, 4.69) is 69.1 Å². The van der Waals surface area contributed by atoms with Crippen LogP contribution in [0.25, 0.3) is 0 Å². The molecule has 8 aliphatic heterocycles. The van der Waals surface area contributed by atoms with Crippen LogP contribution >= 0.6 is 21.6 Å². The number of piperidine rings is 4. The Morgan fingerprint density at radius 1 is 0.395 bits per heavy atom. The van der Waals surface area contributed by atoms with Crippen molar-refractivity contribution in [2.24, 2.45) is 0 Å². The van der Waals surface area contributed by atoms with Crippen LogP contribution < -0.4 is 69.1 Å². The second kappa shape index (κ2) is 61.4. The standard InChI is InChI=1S/C27H36N4O7.C26H33N3O5S2.C25H31N5O7.C25H33N5O6/c1-2-3-4-7-19(32)8-6-14-37-16-17-38-15-13-28-27(36)29-22-10-5-9-20-21(22)18-31(26(20)35)23-11-12-24(33)30-25(23)34;1-2-3-4-10-23(31)27-13-15-36-35-14-6-8-19(30)16-18-7-5-9-20-21(18)17-29(26(20)34)22-11-12-24(32)28-25(22)33;1-3-4-5-9-20(31)26-13-12-18(24(35)37-2)28-25(36)27-17-8-6-7-15-16(17)14-30(23(15)34)19-10-11-21(32)29-22(19)33;1-2-3-4-8-21(32)26-13-11-16(31)12-14-27-25(36)28-19-7-5-6-17-18(19)15-30(24(17)35)20-9-10-22(33)29-23(20)34/h3-5,9-10,23H,2,6-8,11-18H2,1H3,(H2,28,29,36)(H,30,33,34);3-5,7,9,22H,2,6,8,10-17H2,1H3,(H,27,31)(H,28,32,33);4-8,18-19H,3,9-14H2,1-2H3,(H,26,31)(H2,27,28,36)(H,29,32,33);3-7,16,20,31H,2,8-15H2,1H3,(H,26,32)(H2,27,28,36)(H,29,33,34)/b2*4-3-;5-4-;4-3-. The van der Waals surface area contributed by atoms with E-state index in [1.165, 1.54) is 26.7 Å². The van der Waals surface area contributed by atoms with E-state index in [0.29, 0.717) is 153 Å². The number of hydrogen-bond acceptors (Lipinski definition) is 27. The first-order valence-electron chi connectivity index (χ1n) is 49.7. The minimum atomic E-state index is -1.02. The first-order valence-corrected chi connectivity index (χ1v) is 52.2. The molecule has 6 atom stereocenters. The number of urea groups is 3. The molecule has 14 N–H and O–H groups in total. The Bertz CT molecular complexity index is 5570. The van der Waals surface area contributed by atoms with Crippen LogP contribution in [0.5, 0.6) is 0 Å². The van der Waals surface area contributed by atoms with Gasteiger partial charge < -0.3 is 86.8 Å². The van der Waals surface area contributed by atoms with Crippen molar-refractivity contribution in [2.75, 3.05) is 93.7 Å². The Kier molecular flexibility index (Phi) is 48.6. The molecule has 147 heavy (non-hydrogen) atoms. The molecule has 0 aromatic heterocycles. The van der Waals surface area contributed by atoms with Crippen molar-refractivity contribution in [3.63, 3.8) is 0 Å². The summed E-state index contributed by atoms with van der Waals surface area (Å²) in [6.45, 7) is 11.9. The van der Waals surface area contributed by atoms with E-state index >= 15 is 0 Å². The number of aliphatic hydroxyl groups excluding tert-OH is 1. The van der Waals surface area contributed by atoms with E-state index in [4.69, 9.17) is 14.2 Å². The summed E-state index contributed by atoms with van der Waals surface area (Å²) in [7, 11) is 4.58. The largest absolute Gasteiger partial charge is 0.467 e. The zero-order valence-corrected chi connectivity index (χ0v) is 85.1. The van der Waals surface area contributed by atoms with Crippen LogP contribution in [0, 0.1) is 0 Å². The molecule has 4 aromatic carbocycles. The van der Waals surface area contributed by atoms with Gasteiger partial charge in [0.1, 0.15) is 41.8 Å². The summed E-state index contributed by atoms with van der Waals surface area (Å²) in [6.07, 6.45) is 24.6. The Balaban J connectivity index is 0.000000218. The number of hydrogen-bond donors (Lipinski definition) is 14. The summed E-state index contributed by atoms with van der Waals surface area (Å²) >= 11 is 0. The monoisotopic (exact) mass is 2070 g/mol. The lowest BCUT2D eigenvalue weighted by molar-refractivity contribution is -0.143. The first kappa shape index (κ1) is 116. The highest BCUT2D eigenvalue weighted by molar-refractivity contribution is 8.76. The number of fused-ring (bicyclic) bond motifs is 4. The molecule has 0 radical (unpaired) electrons. The quantitative estimate of drug-likeness (QED) is 0.00663. The first-order chi connectivity index (χ1) is 70.8. The normalized spacial score (nSPS) is 17.6. The molecule has 8 heterocycles. The number of carbonyl (C=O) groups excluding carboxylic acids is 21. The van der Waals surface area contributed by atoms with Crippen molar-refractivity contribution in [1.82, 2.24) is 72.8 Å². The van der Waals surface area contributed by atoms with Crippen molar-refractivity contribution in [2.45, 2.75) is 244 Å². The fourth-order valence-electron chi connectivity index (χ4n) is 16.9. The van der Waals surface area contributed by atoms with Gasteiger partial charge in [-0.1, -0.05) is 128 Å². The molecule has 4 fully saturated rings. The van der Waals surface area contributed by atoms with Crippen molar-refractivity contribution in [1.29, 1.82) is 0 Å².